The van der Waals surface area contributed by atoms with Crippen molar-refractivity contribution >= 4 is 17.7 Å². The van der Waals surface area contributed by atoms with Crippen LogP contribution in [0.4, 0.5) is 0 Å². The quantitative estimate of drug-likeness (QED) is 0.626. The van der Waals surface area contributed by atoms with Gasteiger partial charge in [-0.15, -0.1) is 0 Å². The van der Waals surface area contributed by atoms with Crippen LogP contribution in [0.15, 0.2) is 0 Å². The van der Waals surface area contributed by atoms with Crippen LogP contribution in [0, 0.1) is 0 Å². The maximum atomic E-state index is 11.8. The molecule has 3 aliphatic heterocycles. The van der Waals surface area contributed by atoms with Crippen molar-refractivity contribution in [1.82, 2.24) is 15.5 Å². The topological polar surface area (TPSA) is 78.5 Å². The first kappa shape index (κ1) is 11.6. The van der Waals surface area contributed by atoms with E-state index in [0.29, 0.717) is 19.3 Å². The van der Waals surface area contributed by atoms with E-state index in [2.05, 4.69) is 10.6 Å². The molecule has 0 spiro atoms. The Balaban J connectivity index is 1.64. The molecule has 98 valence electrons. The van der Waals surface area contributed by atoms with Crippen LogP contribution >= 0.6 is 0 Å². The Kier molecular flexibility index (Phi) is 2.81. The fraction of sp³-hybridized carbons (Fsp3) is 0.750. The van der Waals surface area contributed by atoms with E-state index in [4.69, 9.17) is 0 Å². The molecule has 0 aromatic carbocycles. The van der Waals surface area contributed by atoms with Gasteiger partial charge in [0, 0.05) is 31.5 Å². The van der Waals surface area contributed by atoms with Gasteiger partial charge in [0.05, 0.1) is 6.04 Å². The van der Waals surface area contributed by atoms with Crippen molar-refractivity contribution in [2.45, 2.75) is 50.2 Å². The molecule has 3 aliphatic rings. The Hall–Kier alpha value is -1.43. The van der Waals surface area contributed by atoms with Crippen LogP contribution in [0.2, 0.25) is 0 Å². The Bertz CT molecular complexity index is 409. The predicted octanol–water partition coefficient (Wildman–Crippen LogP) is -0.855. The largest absolute Gasteiger partial charge is 0.338 e. The third-order valence-corrected chi connectivity index (χ3v) is 4.13. The second kappa shape index (κ2) is 4.35. The molecule has 0 aliphatic carbocycles. The summed E-state index contributed by atoms with van der Waals surface area (Å²) in [6, 6.07) is -0.0343. The van der Waals surface area contributed by atoms with Crippen LogP contribution in [-0.4, -0.2) is 47.3 Å². The van der Waals surface area contributed by atoms with Gasteiger partial charge >= 0.3 is 0 Å². The summed E-state index contributed by atoms with van der Waals surface area (Å²) in [5.74, 6) is -0.277. The molecule has 3 fully saturated rings. The molecule has 6 heteroatoms. The van der Waals surface area contributed by atoms with Crippen LogP contribution in [0.1, 0.15) is 32.1 Å². The van der Waals surface area contributed by atoms with E-state index in [1.165, 1.54) is 0 Å². The van der Waals surface area contributed by atoms with Crippen LogP contribution in [0.5, 0.6) is 0 Å². The van der Waals surface area contributed by atoms with Gasteiger partial charge in [-0.3, -0.25) is 19.7 Å². The third kappa shape index (κ3) is 1.90. The SMILES string of the molecule is O=C1CCC(NC2CC(=O)N3CCCC23)C(=O)N1. The van der Waals surface area contributed by atoms with Gasteiger partial charge in [-0.05, 0) is 19.3 Å². The van der Waals surface area contributed by atoms with Crippen LogP contribution in [0.25, 0.3) is 0 Å². The summed E-state index contributed by atoms with van der Waals surface area (Å²) >= 11 is 0. The summed E-state index contributed by atoms with van der Waals surface area (Å²) in [5.41, 5.74) is 0. The molecule has 3 unspecified atom stereocenters. The zero-order valence-corrected chi connectivity index (χ0v) is 10.1. The average Bonchev–Trinajstić information content (AvgIpc) is 2.89. The van der Waals surface area contributed by atoms with Crippen molar-refractivity contribution in [2.24, 2.45) is 0 Å². The number of carbonyl (C=O) groups is 3. The number of rotatable bonds is 2. The predicted molar refractivity (Wildman–Crippen MR) is 62.4 cm³/mol. The van der Waals surface area contributed by atoms with Crippen molar-refractivity contribution in [3.05, 3.63) is 0 Å². The summed E-state index contributed by atoms with van der Waals surface area (Å²) in [6.07, 6.45) is 3.43. The third-order valence-electron chi connectivity index (χ3n) is 4.13. The minimum absolute atomic E-state index is 0.0592. The highest BCUT2D eigenvalue weighted by atomic mass is 16.2. The first-order valence-corrected chi connectivity index (χ1v) is 6.54. The number of imide groups is 1. The number of nitrogens with zero attached hydrogens (tertiary/aromatic N) is 1. The first-order valence-electron chi connectivity index (χ1n) is 6.54. The number of fused-ring (bicyclic) bond motifs is 1. The Morgan fingerprint density at radius 3 is 2.83 bits per heavy atom. The Morgan fingerprint density at radius 1 is 1.22 bits per heavy atom. The number of nitrogens with one attached hydrogen (secondary N) is 2. The van der Waals surface area contributed by atoms with Crippen molar-refractivity contribution < 1.29 is 14.4 Å². The molecule has 3 rings (SSSR count). The highest BCUT2D eigenvalue weighted by Crippen LogP contribution is 2.29. The lowest BCUT2D eigenvalue weighted by Crippen LogP contribution is -2.55. The van der Waals surface area contributed by atoms with Crippen molar-refractivity contribution in [3.63, 3.8) is 0 Å². The number of carbonyl (C=O) groups excluding carboxylic acids is 3. The van der Waals surface area contributed by atoms with Crippen molar-refractivity contribution in [1.29, 1.82) is 0 Å². The Labute approximate surface area is 105 Å². The van der Waals surface area contributed by atoms with Crippen molar-refractivity contribution in [3.8, 4) is 0 Å². The Morgan fingerprint density at radius 2 is 2.06 bits per heavy atom. The summed E-state index contributed by atoms with van der Waals surface area (Å²) < 4.78 is 0. The fourth-order valence-corrected chi connectivity index (χ4v) is 3.24. The molecule has 3 amide bonds. The lowest BCUT2D eigenvalue weighted by atomic mass is 10.0. The number of hydrogen-bond acceptors (Lipinski definition) is 4. The van der Waals surface area contributed by atoms with E-state index >= 15 is 0 Å². The monoisotopic (exact) mass is 251 g/mol. The number of amides is 3. The fourth-order valence-electron chi connectivity index (χ4n) is 3.24. The van der Waals surface area contributed by atoms with E-state index in [0.717, 1.165) is 19.4 Å². The van der Waals surface area contributed by atoms with Gasteiger partial charge in [-0.25, -0.2) is 0 Å². The van der Waals surface area contributed by atoms with E-state index in [9.17, 15) is 14.4 Å². The first-order chi connectivity index (χ1) is 8.65. The molecule has 3 atom stereocenters. The van der Waals surface area contributed by atoms with Gasteiger partial charge in [-0.2, -0.15) is 0 Å². The summed E-state index contributed by atoms with van der Waals surface area (Å²) in [4.78, 5) is 36.4. The molecular weight excluding hydrogens is 234 g/mol. The van der Waals surface area contributed by atoms with Gasteiger partial charge < -0.3 is 10.2 Å². The zero-order chi connectivity index (χ0) is 12.7. The van der Waals surface area contributed by atoms with Gasteiger partial charge in [0.1, 0.15) is 0 Å². The van der Waals surface area contributed by atoms with Gasteiger partial charge in [0.15, 0.2) is 0 Å². The molecule has 0 saturated carbocycles. The maximum absolute atomic E-state index is 11.8. The minimum Gasteiger partial charge on any atom is -0.338 e. The number of piperidine rings is 1. The molecule has 0 aromatic heterocycles. The summed E-state index contributed by atoms with van der Waals surface area (Å²) in [5, 5.41) is 5.60. The van der Waals surface area contributed by atoms with E-state index in [1.807, 2.05) is 4.90 Å². The average molecular weight is 251 g/mol. The van der Waals surface area contributed by atoms with E-state index in [1.54, 1.807) is 0 Å². The molecule has 0 aromatic rings. The van der Waals surface area contributed by atoms with E-state index < -0.39 is 0 Å². The molecule has 3 saturated heterocycles. The second-order valence-electron chi connectivity index (χ2n) is 5.28. The normalized spacial score (nSPS) is 35.9. The van der Waals surface area contributed by atoms with E-state index in [-0.39, 0.29) is 35.8 Å². The minimum atomic E-state index is -0.332. The molecule has 0 radical (unpaired) electrons. The second-order valence-corrected chi connectivity index (χ2v) is 5.28. The smallest absolute Gasteiger partial charge is 0.243 e. The molecule has 6 nitrogen and oxygen atoms in total. The molecule has 2 N–H and O–H groups in total. The van der Waals surface area contributed by atoms with Gasteiger partial charge in [0.2, 0.25) is 17.7 Å². The highest BCUT2D eigenvalue weighted by molar-refractivity contribution is 6.00. The van der Waals surface area contributed by atoms with Crippen LogP contribution in [0.3, 0.4) is 0 Å². The maximum Gasteiger partial charge on any atom is 0.243 e. The van der Waals surface area contributed by atoms with Gasteiger partial charge in [-0.1, -0.05) is 0 Å². The lowest BCUT2D eigenvalue weighted by Gasteiger charge is -2.28. The lowest BCUT2D eigenvalue weighted by molar-refractivity contribution is -0.135. The van der Waals surface area contributed by atoms with Crippen LogP contribution < -0.4 is 10.6 Å². The van der Waals surface area contributed by atoms with Crippen molar-refractivity contribution in [2.75, 3.05) is 6.54 Å². The van der Waals surface area contributed by atoms with Gasteiger partial charge in [0.25, 0.3) is 0 Å². The molecular formula is C12H17N3O3. The highest BCUT2D eigenvalue weighted by Gasteiger charge is 2.43. The van der Waals surface area contributed by atoms with Crippen LogP contribution in [-0.2, 0) is 14.4 Å². The zero-order valence-electron chi connectivity index (χ0n) is 10.1. The molecule has 3 heterocycles. The summed E-state index contributed by atoms with van der Waals surface area (Å²) in [6.45, 7) is 0.844. The summed E-state index contributed by atoms with van der Waals surface area (Å²) in [7, 11) is 0. The standard InChI is InChI=1S/C12H17N3O3/c16-10-4-3-7(12(18)14-10)13-8-6-11(17)15-5-1-2-9(8)15/h7-9,13H,1-6H2,(H,14,16,18). The number of hydrogen-bond donors (Lipinski definition) is 2. The molecule has 18 heavy (non-hydrogen) atoms. The molecule has 0 bridgehead atoms.